The molecule has 1 aliphatic heterocycles. The molecule has 0 amide bonds. The van der Waals surface area contributed by atoms with Gasteiger partial charge in [-0.25, -0.2) is 4.98 Å². The average molecular weight is 417 g/mol. The van der Waals surface area contributed by atoms with E-state index in [4.69, 9.17) is 0 Å². The molecule has 0 radical (unpaired) electrons. The van der Waals surface area contributed by atoms with Gasteiger partial charge in [0.1, 0.15) is 17.5 Å². The van der Waals surface area contributed by atoms with E-state index < -0.39 is 12.0 Å². The number of carboxylic acid groups (broad SMARTS) is 1. The normalized spacial score (nSPS) is 16.5. The van der Waals surface area contributed by atoms with Crippen LogP contribution in [0.15, 0.2) is 36.4 Å². The number of aromatic amines is 2. The topological polar surface area (TPSA) is 118 Å². The molecule has 3 heterocycles. The molecule has 0 fully saturated rings. The van der Waals surface area contributed by atoms with Gasteiger partial charge in [-0.05, 0) is 54.4 Å². The Morgan fingerprint density at radius 3 is 2.87 bits per heavy atom. The van der Waals surface area contributed by atoms with Crippen molar-refractivity contribution in [3.8, 4) is 28.4 Å². The number of rotatable bonds is 4. The lowest BCUT2D eigenvalue weighted by atomic mass is 9.97. The van der Waals surface area contributed by atoms with Crippen molar-refractivity contribution in [3.05, 3.63) is 53.3 Å². The van der Waals surface area contributed by atoms with Crippen molar-refractivity contribution in [1.82, 2.24) is 25.1 Å². The van der Waals surface area contributed by atoms with Crippen LogP contribution in [0.1, 0.15) is 23.9 Å². The number of fused-ring (bicyclic) bond motifs is 2. The Bertz CT molecular complexity index is 1310. The first-order valence-electron chi connectivity index (χ1n) is 10.3. The first-order chi connectivity index (χ1) is 14.9. The van der Waals surface area contributed by atoms with Crippen LogP contribution in [-0.4, -0.2) is 54.3 Å². The van der Waals surface area contributed by atoms with Crippen molar-refractivity contribution in [2.45, 2.75) is 32.4 Å². The summed E-state index contributed by atoms with van der Waals surface area (Å²) in [6.07, 6.45) is 1.19. The number of carboxylic acids is 1. The number of imidazole rings is 1. The Morgan fingerprint density at radius 1 is 1.26 bits per heavy atom. The zero-order chi connectivity index (χ0) is 21.7. The summed E-state index contributed by atoms with van der Waals surface area (Å²) in [5, 5.41) is 27.7. The summed E-state index contributed by atoms with van der Waals surface area (Å²) in [6.45, 7) is 2.57. The number of phenols is 1. The smallest absolute Gasteiger partial charge is 0.321 e. The number of benzene rings is 2. The van der Waals surface area contributed by atoms with E-state index >= 15 is 0 Å². The number of hydrogen-bond donors (Lipinski definition) is 4. The number of aryl methyl sites for hydroxylation is 1. The summed E-state index contributed by atoms with van der Waals surface area (Å²) in [4.78, 5) is 21.3. The second-order valence-electron chi connectivity index (χ2n) is 8.01. The fourth-order valence-corrected chi connectivity index (χ4v) is 4.35. The highest BCUT2D eigenvalue weighted by molar-refractivity contribution is 5.94. The number of nitrogens with zero attached hydrogens (tertiary/aromatic N) is 3. The molecule has 2 aromatic carbocycles. The molecule has 0 spiro atoms. The van der Waals surface area contributed by atoms with Crippen LogP contribution in [0.25, 0.3) is 33.5 Å². The van der Waals surface area contributed by atoms with Crippen molar-refractivity contribution in [1.29, 1.82) is 0 Å². The lowest BCUT2D eigenvalue weighted by Gasteiger charge is -2.28. The molecular formula is C23H23N5O3. The molecule has 1 unspecified atom stereocenters. The van der Waals surface area contributed by atoms with E-state index in [0.29, 0.717) is 24.5 Å². The fraction of sp³-hybridized carbons (Fsp3) is 0.261. The van der Waals surface area contributed by atoms with E-state index in [2.05, 4.69) is 33.2 Å². The van der Waals surface area contributed by atoms with E-state index in [0.717, 1.165) is 45.4 Å². The van der Waals surface area contributed by atoms with Crippen LogP contribution in [0, 0.1) is 0 Å². The Kier molecular flexibility index (Phi) is 4.51. The maximum Gasteiger partial charge on any atom is 0.321 e. The molecule has 8 nitrogen and oxygen atoms in total. The molecule has 0 saturated carbocycles. The van der Waals surface area contributed by atoms with E-state index in [1.807, 2.05) is 30.1 Å². The quantitative estimate of drug-likeness (QED) is 0.405. The van der Waals surface area contributed by atoms with E-state index in [1.165, 1.54) is 0 Å². The van der Waals surface area contributed by atoms with Gasteiger partial charge in [-0.3, -0.25) is 14.8 Å². The van der Waals surface area contributed by atoms with Crippen LogP contribution >= 0.6 is 0 Å². The molecule has 0 saturated heterocycles. The maximum absolute atomic E-state index is 11.5. The summed E-state index contributed by atoms with van der Waals surface area (Å²) < 4.78 is 0. The van der Waals surface area contributed by atoms with Crippen molar-refractivity contribution < 1.29 is 15.0 Å². The molecule has 1 atom stereocenters. The Labute approximate surface area is 178 Å². The van der Waals surface area contributed by atoms with Crippen LogP contribution in [0.4, 0.5) is 0 Å². The monoisotopic (exact) mass is 417 g/mol. The number of H-pyrrole nitrogens is 2. The first kappa shape index (κ1) is 19.3. The minimum Gasteiger partial charge on any atom is -0.508 e. The van der Waals surface area contributed by atoms with Crippen molar-refractivity contribution in [3.63, 3.8) is 0 Å². The third-order valence-corrected chi connectivity index (χ3v) is 6.04. The van der Waals surface area contributed by atoms with Crippen molar-refractivity contribution in [2.24, 2.45) is 0 Å². The Morgan fingerprint density at radius 2 is 2.10 bits per heavy atom. The van der Waals surface area contributed by atoms with Crippen LogP contribution in [0.2, 0.25) is 0 Å². The standard InChI is InChI=1S/C23H23N5O3/c1-3-12-8-14(29)5-7-15(12)13-4-6-16-17(9-13)26-27-21(16)22-24-18-10-20(23(30)31)28(2)11-19(18)25-22/h4-9,20,29H,3,10-11H2,1-2H3,(H,24,25)(H,26,27)(H,30,31). The molecule has 158 valence electrons. The number of aromatic hydroxyl groups is 1. The van der Waals surface area contributed by atoms with Crippen LogP contribution in [0.3, 0.4) is 0 Å². The Hall–Kier alpha value is -3.65. The second-order valence-corrected chi connectivity index (χ2v) is 8.01. The van der Waals surface area contributed by atoms with Crippen LogP contribution < -0.4 is 0 Å². The lowest BCUT2D eigenvalue weighted by Crippen LogP contribution is -2.43. The zero-order valence-corrected chi connectivity index (χ0v) is 17.3. The SMILES string of the molecule is CCc1cc(O)ccc1-c1ccc2c(-c3nc4c([nH]3)CN(C)C(C(=O)O)C4)n[nH]c2c1. The van der Waals surface area contributed by atoms with Gasteiger partial charge < -0.3 is 15.2 Å². The summed E-state index contributed by atoms with van der Waals surface area (Å²) in [5.41, 5.74) is 6.52. The predicted molar refractivity (Wildman–Crippen MR) is 117 cm³/mol. The van der Waals surface area contributed by atoms with Gasteiger partial charge in [-0.2, -0.15) is 5.10 Å². The van der Waals surface area contributed by atoms with Crippen molar-refractivity contribution >= 4 is 16.9 Å². The van der Waals surface area contributed by atoms with Crippen molar-refractivity contribution in [2.75, 3.05) is 7.05 Å². The van der Waals surface area contributed by atoms with Gasteiger partial charge in [0.05, 0.1) is 16.9 Å². The highest BCUT2D eigenvalue weighted by Crippen LogP contribution is 2.33. The molecule has 0 bridgehead atoms. The van der Waals surface area contributed by atoms with Gasteiger partial charge in [0.15, 0.2) is 5.82 Å². The summed E-state index contributed by atoms with van der Waals surface area (Å²) in [7, 11) is 1.81. The number of nitrogens with one attached hydrogen (secondary N) is 2. The third-order valence-electron chi connectivity index (χ3n) is 6.04. The molecule has 4 N–H and O–H groups in total. The highest BCUT2D eigenvalue weighted by atomic mass is 16.4. The molecule has 31 heavy (non-hydrogen) atoms. The lowest BCUT2D eigenvalue weighted by molar-refractivity contribution is -0.143. The number of hydrogen-bond acceptors (Lipinski definition) is 5. The molecule has 8 heteroatoms. The van der Waals surface area contributed by atoms with Gasteiger partial charge in [0, 0.05) is 18.4 Å². The minimum absolute atomic E-state index is 0.267. The average Bonchev–Trinajstić information content (AvgIpc) is 3.35. The molecule has 0 aliphatic carbocycles. The fourth-order valence-electron chi connectivity index (χ4n) is 4.35. The van der Waals surface area contributed by atoms with Crippen LogP contribution in [0.5, 0.6) is 5.75 Å². The molecule has 2 aromatic heterocycles. The highest BCUT2D eigenvalue weighted by Gasteiger charge is 2.31. The molecule has 1 aliphatic rings. The van der Waals surface area contributed by atoms with Gasteiger partial charge in [0.2, 0.25) is 0 Å². The number of aromatic nitrogens is 4. The minimum atomic E-state index is -0.837. The van der Waals surface area contributed by atoms with Gasteiger partial charge in [-0.1, -0.05) is 19.1 Å². The first-order valence-corrected chi connectivity index (χ1v) is 10.3. The summed E-state index contributed by atoms with van der Waals surface area (Å²) in [5.74, 6) is 0.0709. The molecule has 4 aromatic rings. The van der Waals surface area contributed by atoms with Gasteiger partial charge >= 0.3 is 5.97 Å². The number of aliphatic carboxylic acids is 1. The third kappa shape index (κ3) is 3.25. The summed E-state index contributed by atoms with van der Waals surface area (Å²) >= 11 is 0. The molecule has 5 rings (SSSR count). The maximum atomic E-state index is 11.5. The summed E-state index contributed by atoms with van der Waals surface area (Å²) in [6, 6.07) is 11.0. The van der Waals surface area contributed by atoms with Crippen LogP contribution in [-0.2, 0) is 24.2 Å². The molecular weight excluding hydrogens is 394 g/mol. The van der Waals surface area contributed by atoms with E-state index in [-0.39, 0.29) is 5.75 Å². The predicted octanol–water partition coefficient (Wildman–Crippen LogP) is 3.33. The zero-order valence-electron chi connectivity index (χ0n) is 17.3. The van der Waals surface area contributed by atoms with E-state index in [1.54, 1.807) is 12.1 Å². The number of likely N-dealkylation sites (N-methyl/N-ethyl adjacent to an activating group) is 1. The number of carbonyl (C=O) groups is 1. The van der Waals surface area contributed by atoms with Gasteiger partial charge in [-0.15, -0.1) is 0 Å². The number of phenolic OH excluding ortho intramolecular Hbond substituents is 1. The second kappa shape index (κ2) is 7.24. The largest absolute Gasteiger partial charge is 0.508 e. The van der Waals surface area contributed by atoms with E-state index in [9.17, 15) is 15.0 Å². The Balaban J connectivity index is 1.52. The van der Waals surface area contributed by atoms with Gasteiger partial charge in [0.25, 0.3) is 0 Å².